The van der Waals surface area contributed by atoms with Crippen molar-refractivity contribution in [3.05, 3.63) is 16.9 Å². The quantitative estimate of drug-likeness (QED) is 0.831. The first-order chi connectivity index (χ1) is 5.25. The number of nitrogens with zero attached hydrogens (tertiary/aromatic N) is 2. The van der Waals surface area contributed by atoms with Crippen LogP contribution < -0.4 is 5.32 Å². The number of nitrogens with one attached hydrogen (secondary N) is 1. The van der Waals surface area contributed by atoms with Crippen molar-refractivity contribution in [2.45, 2.75) is 13.0 Å². The second-order valence-corrected chi connectivity index (χ2v) is 3.32. The third-order valence-electron chi connectivity index (χ3n) is 1.54. The maximum atomic E-state index is 4.16. The van der Waals surface area contributed by atoms with Gasteiger partial charge < -0.3 is 5.32 Å². The van der Waals surface area contributed by atoms with Gasteiger partial charge in [0, 0.05) is 6.54 Å². The van der Waals surface area contributed by atoms with Crippen molar-refractivity contribution in [3.8, 4) is 0 Å². The topological polar surface area (TPSA) is 29.9 Å². The number of hydrogen-bond acceptors (Lipinski definition) is 2. The van der Waals surface area contributed by atoms with Crippen LogP contribution in [0, 0.1) is 0 Å². The van der Waals surface area contributed by atoms with Crippen LogP contribution in [0.5, 0.6) is 0 Å². The largest absolute Gasteiger partial charge is 0.318 e. The van der Waals surface area contributed by atoms with E-state index in [0.717, 1.165) is 11.1 Å². The Morgan fingerprint density at radius 3 is 3.00 bits per heavy atom. The number of aromatic nitrogens is 2. The second kappa shape index (κ2) is 3.88. The van der Waals surface area contributed by atoms with Crippen LogP contribution in [-0.2, 0) is 0 Å². The molecule has 0 aliphatic heterocycles. The molecular weight excluding hydrogens is 206 g/mol. The first-order valence-electron chi connectivity index (χ1n) is 3.59. The molecule has 0 amide bonds. The molecule has 0 aromatic carbocycles. The van der Waals surface area contributed by atoms with Gasteiger partial charge in [0.1, 0.15) is 4.60 Å². The van der Waals surface area contributed by atoms with E-state index in [1.165, 1.54) is 0 Å². The summed E-state index contributed by atoms with van der Waals surface area (Å²) in [6.45, 7) is 3.05. The first-order valence-corrected chi connectivity index (χ1v) is 4.38. The molecule has 0 bridgehead atoms. The highest BCUT2D eigenvalue weighted by Gasteiger charge is 2.05. The van der Waals surface area contributed by atoms with E-state index in [9.17, 15) is 0 Å². The Labute approximate surface area is 74.9 Å². The molecule has 1 unspecified atom stereocenters. The molecule has 0 spiro atoms. The Kier molecular flexibility index (Phi) is 3.08. The summed E-state index contributed by atoms with van der Waals surface area (Å²) in [6.07, 6.45) is 1.79. The lowest BCUT2D eigenvalue weighted by atomic mass is 10.3. The summed E-state index contributed by atoms with van der Waals surface area (Å²) in [5.74, 6) is 0. The van der Waals surface area contributed by atoms with Crippen LogP contribution >= 0.6 is 15.9 Å². The monoisotopic (exact) mass is 217 g/mol. The molecule has 0 saturated heterocycles. The lowest BCUT2D eigenvalue weighted by Crippen LogP contribution is -2.20. The van der Waals surface area contributed by atoms with E-state index in [-0.39, 0.29) is 0 Å². The lowest BCUT2D eigenvalue weighted by Gasteiger charge is -2.11. The molecule has 62 valence electrons. The van der Waals surface area contributed by atoms with Crippen molar-refractivity contribution in [3.63, 3.8) is 0 Å². The summed E-state index contributed by atoms with van der Waals surface area (Å²) in [5, 5.41) is 7.27. The molecule has 0 fully saturated rings. The molecule has 11 heavy (non-hydrogen) atoms. The van der Waals surface area contributed by atoms with Crippen LogP contribution in [0.15, 0.2) is 16.9 Å². The molecule has 0 saturated carbocycles. The van der Waals surface area contributed by atoms with Crippen molar-refractivity contribution in [2.75, 3.05) is 13.6 Å². The summed E-state index contributed by atoms with van der Waals surface area (Å²) in [7, 11) is 1.94. The number of rotatable bonds is 3. The third-order valence-corrected chi connectivity index (χ3v) is 2.17. The van der Waals surface area contributed by atoms with E-state index < -0.39 is 0 Å². The maximum absolute atomic E-state index is 4.16. The van der Waals surface area contributed by atoms with Gasteiger partial charge >= 0.3 is 0 Å². The van der Waals surface area contributed by atoms with Gasteiger partial charge in [-0.15, -0.1) is 0 Å². The van der Waals surface area contributed by atoms with Gasteiger partial charge in [0.25, 0.3) is 0 Å². The van der Waals surface area contributed by atoms with Crippen LogP contribution in [0.2, 0.25) is 0 Å². The zero-order chi connectivity index (χ0) is 8.27. The Bertz CT molecular complexity index is 221. The predicted octanol–water partition coefficient (Wildman–Crippen LogP) is 1.43. The van der Waals surface area contributed by atoms with Gasteiger partial charge in [-0.3, -0.25) is 4.68 Å². The molecule has 1 N–H and O–H groups in total. The fourth-order valence-electron chi connectivity index (χ4n) is 1.00. The van der Waals surface area contributed by atoms with E-state index >= 15 is 0 Å². The van der Waals surface area contributed by atoms with Crippen molar-refractivity contribution in [2.24, 2.45) is 0 Å². The minimum Gasteiger partial charge on any atom is -0.318 e. The van der Waals surface area contributed by atoms with Crippen molar-refractivity contribution in [1.29, 1.82) is 0 Å². The highest BCUT2D eigenvalue weighted by molar-refractivity contribution is 9.10. The minimum atomic E-state index is 0.393. The second-order valence-electron chi connectivity index (χ2n) is 2.51. The fraction of sp³-hybridized carbons (Fsp3) is 0.571. The van der Waals surface area contributed by atoms with Gasteiger partial charge in [-0.05, 0) is 36.0 Å². The standard InChI is InChI=1S/C7H12BrN3/c1-6(5-9-2)11-7(8)3-4-10-11/h3-4,6,9H,5H2,1-2H3. The van der Waals surface area contributed by atoms with Crippen LogP contribution in [0.25, 0.3) is 0 Å². The third kappa shape index (κ3) is 2.04. The summed E-state index contributed by atoms with van der Waals surface area (Å²) in [5.41, 5.74) is 0. The van der Waals surface area contributed by atoms with Crippen LogP contribution in [-0.4, -0.2) is 23.4 Å². The zero-order valence-electron chi connectivity index (χ0n) is 6.71. The maximum Gasteiger partial charge on any atom is 0.104 e. The van der Waals surface area contributed by atoms with Gasteiger partial charge in [-0.1, -0.05) is 0 Å². The average molecular weight is 218 g/mol. The van der Waals surface area contributed by atoms with E-state index in [0.29, 0.717) is 6.04 Å². The summed E-state index contributed by atoms with van der Waals surface area (Å²) in [4.78, 5) is 0. The molecule has 0 radical (unpaired) electrons. The molecular formula is C7H12BrN3. The van der Waals surface area contributed by atoms with E-state index in [1.54, 1.807) is 6.20 Å². The Balaban J connectivity index is 2.67. The van der Waals surface area contributed by atoms with Crippen LogP contribution in [0.4, 0.5) is 0 Å². The Morgan fingerprint density at radius 1 is 1.82 bits per heavy atom. The molecule has 1 aromatic heterocycles. The van der Waals surface area contributed by atoms with Gasteiger partial charge in [0.15, 0.2) is 0 Å². The number of halogens is 1. The highest BCUT2D eigenvalue weighted by Crippen LogP contribution is 2.13. The molecule has 0 aliphatic carbocycles. The molecule has 1 heterocycles. The summed E-state index contributed by atoms with van der Waals surface area (Å²) in [6, 6.07) is 2.33. The first kappa shape index (κ1) is 8.74. The number of likely N-dealkylation sites (N-methyl/N-ethyl adjacent to an activating group) is 1. The van der Waals surface area contributed by atoms with E-state index in [4.69, 9.17) is 0 Å². The van der Waals surface area contributed by atoms with E-state index in [1.807, 2.05) is 17.8 Å². The molecule has 3 nitrogen and oxygen atoms in total. The Hall–Kier alpha value is -0.350. The minimum absolute atomic E-state index is 0.393. The molecule has 1 atom stereocenters. The molecule has 1 rings (SSSR count). The smallest absolute Gasteiger partial charge is 0.104 e. The van der Waals surface area contributed by atoms with Gasteiger partial charge in [-0.2, -0.15) is 5.10 Å². The van der Waals surface area contributed by atoms with Crippen molar-refractivity contribution >= 4 is 15.9 Å². The van der Waals surface area contributed by atoms with Crippen LogP contribution in [0.1, 0.15) is 13.0 Å². The molecule has 4 heteroatoms. The Morgan fingerprint density at radius 2 is 2.55 bits per heavy atom. The van der Waals surface area contributed by atoms with E-state index in [2.05, 4.69) is 33.3 Å². The van der Waals surface area contributed by atoms with Crippen molar-refractivity contribution < 1.29 is 0 Å². The molecule has 1 aromatic rings. The van der Waals surface area contributed by atoms with Gasteiger partial charge in [-0.25, -0.2) is 0 Å². The van der Waals surface area contributed by atoms with Gasteiger partial charge in [0.2, 0.25) is 0 Å². The van der Waals surface area contributed by atoms with Crippen molar-refractivity contribution in [1.82, 2.24) is 15.1 Å². The zero-order valence-corrected chi connectivity index (χ0v) is 8.30. The SMILES string of the molecule is CNCC(C)n1nccc1Br. The van der Waals surface area contributed by atoms with Crippen LogP contribution in [0.3, 0.4) is 0 Å². The summed E-state index contributed by atoms with van der Waals surface area (Å²) < 4.78 is 2.97. The average Bonchev–Trinajstić information content (AvgIpc) is 2.36. The van der Waals surface area contributed by atoms with Gasteiger partial charge in [0.05, 0.1) is 12.2 Å². The lowest BCUT2D eigenvalue weighted by molar-refractivity contribution is 0.463. The highest BCUT2D eigenvalue weighted by atomic mass is 79.9. The normalized spacial score (nSPS) is 13.4. The summed E-state index contributed by atoms with van der Waals surface area (Å²) >= 11 is 3.41. The fourth-order valence-corrected chi connectivity index (χ4v) is 1.56. The molecule has 0 aliphatic rings. The number of hydrogen-bond donors (Lipinski definition) is 1. The predicted molar refractivity (Wildman–Crippen MR) is 48.6 cm³/mol.